The number of nitrogens with one attached hydrogen (secondary N) is 2. The van der Waals surface area contributed by atoms with Gasteiger partial charge in [-0.3, -0.25) is 4.79 Å². The van der Waals surface area contributed by atoms with E-state index in [1.807, 2.05) is 17.9 Å². The smallest absolute Gasteiger partial charge is 0.244 e. The van der Waals surface area contributed by atoms with Crippen LogP contribution in [0.3, 0.4) is 0 Å². The number of rotatable bonds is 11. The van der Waals surface area contributed by atoms with Crippen LogP contribution in [0.2, 0.25) is 0 Å². The second kappa shape index (κ2) is 13.9. The number of benzene rings is 1. The maximum absolute atomic E-state index is 12.7. The Balaban J connectivity index is 1.77. The van der Waals surface area contributed by atoms with Gasteiger partial charge in [0.25, 0.3) is 0 Å². The standard InChI is InChI=1S/C24H42N6O/c1-5-25-24(27-21(4)12-11-15-28(6-2)7-3)26-20-23(31)30-18-16-29(17-19-30)22-13-9-8-10-14-22/h8-10,13-14,21H,5-7,11-12,15-20H2,1-4H3,(H2,25,26,27). The molecule has 0 bridgehead atoms. The molecular formula is C24H42N6O. The summed E-state index contributed by atoms with van der Waals surface area (Å²) in [6.45, 7) is 16.2. The van der Waals surface area contributed by atoms with E-state index in [9.17, 15) is 4.79 Å². The summed E-state index contributed by atoms with van der Waals surface area (Å²) in [6, 6.07) is 10.7. The van der Waals surface area contributed by atoms with Crippen molar-refractivity contribution in [1.82, 2.24) is 20.4 Å². The van der Waals surface area contributed by atoms with Gasteiger partial charge in [0, 0.05) is 44.5 Å². The molecule has 7 heteroatoms. The molecule has 1 aromatic rings. The maximum Gasteiger partial charge on any atom is 0.244 e. The molecule has 1 unspecified atom stereocenters. The average molecular weight is 431 g/mol. The van der Waals surface area contributed by atoms with Crippen LogP contribution >= 0.6 is 0 Å². The van der Waals surface area contributed by atoms with Crippen molar-refractivity contribution in [2.75, 3.05) is 63.8 Å². The highest BCUT2D eigenvalue weighted by Crippen LogP contribution is 2.15. The van der Waals surface area contributed by atoms with E-state index in [0.29, 0.717) is 6.04 Å². The van der Waals surface area contributed by atoms with Gasteiger partial charge in [-0.1, -0.05) is 32.0 Å². The molecule has 1 aliphatic rings. The largest absolute Gasteiger partial charge is 0.368 e. The molecule has 1 saturated heterocycles. The molecule has 1 aromatic carbocycles. The Kier molecular flexibility index (Phi) is 11.2. The first-order valence-corrected chi connectivity index (χ1v) is 11.9. The van der Waals surface area contributed by atoms with E-state index < -0.39 is 0 Å². The number of nitrogens with zero attached hydrogens (tertiary/aromatic N) is 4. The Bertz CT molecular complexity index is 653. The van der Waals surface area contributed by atoms with E-state index in [4.69, 9.17) is 0 Å². The van der Waals surface area contributed by atoms with Gasteiger partial charge in [0.15, 0.2) is 5.96 Å². The molecule has 7 nitrogen and oxygen atoms in total. The van der Waals surface area contributed by atoms with Crippen molar-refractivity contribution in [2.45, 2.75) is 46.6 Å². The van der Waals surface area contributed by atoms with Gasteiger partial charge in [-0.15, -0.1) is 0 Å². The molecule has 31 heavy (non-hydrogen) atoms. The van der Waals surface area contributed by atoms with E-state index in [1.54, 1.807) is 0 Å². The zero-order valence-electron chi connectivity index (χ0n) is 19.9. The normalized spacial score (nSPS) is 15.8. The fraction of sp³-hybridized carbons (Fsp3) is 0.667. The Hall–Kier alpha value is -2.28. The Labute approximate surface area is 188 Å². The van der Waals surface area contributed by atoms with Crippen LogP contribution < -0.4 is 15.5 Å². The monoisotopic (exact) mass is 430 g/mol. The second-order valence-corrected chi connectivity index (χ2v) is 8.11. The lowest BCUT2D eigenvalue weighted by atomic mass is 10.2. The molecule has 0 aromatic heterocycles. The number of carbonyl (C=O) groups excluding carboxylic acids is 1. The minimum Gasteiger partial charge on any atom is -0.368 e. The van der Waals surface area contributed by atoms with Crippen molar-refractivity contribution in [3.63, 3.8) is 0 Å². The van der Waals surface area contributed by atoms with Crippen LogP contribution in [0.15, 0.2) is 35.3 Å². The highest BCUT2D eigenvalue weighted by Gasteiger charge is 2.21. The maximum atomic E-state index is 12.7. The third-order valence-corrected chi connectivity index (χ3v) is 5.86. The zero-order chi connectivity index (χ0) is 22.5. The van der Waals surface area contributed by atoms with Crippen LogP contribution in [-0.2, 0) is 4.79 Å². The van der Waals surface area contributed by atoms with Gasteiger partial charge in [0.1, 0.15) is 6.54 Å². The third kappa shape index (κ3) is 8.77. The van der Waals surface area contributed by atoms with E-state index in [0.717, 1.165) is 71.2 Å². The molecule has 1 fully saturated rings. The summed E-state index contributed by atoms with van der Waals surface area (Å²) < 4.78 is 0. The molecule has 2 rings (SSSR count). The average Bonchev–Trinajstić information content (AvgIpc) is 2.81. The fourth-order valence-electron chi connectivity index (χ4n) is 3.89. The van der Waals surface area contributed by atoms with E-state index in [1.165, 1.54) is 5.69 Å². The fourth-order valence-corrected chi connectivity index (χ4v) is 3.89. The second-order valence-electron chi connectivity index (χ2n) is 8.11. The number of hydrogen-bond donors (Lipinski definition) is 2. The van der Waals surface area contributed by atoms with Gasteiger partial charge in [-0.05, 0) is 58.5 Å². The molecular weight excluding hydrogens is 388 g/mol. The summed E-state index contributed by atoms with van der Waals surface area (Å²) in [7, 11) is 0. The molecule has 1 atom stereocenters. The summed E-state index contributed by atoms with van der Waals surface area (Å²) in [5.74, 6) is 0.827. The van der Waals surface area contributed by atoms with Crippen molar-refractivity contribution in [3.05, 3.63) is 30.3 Å². The first-order valence-electron chi connectivity index (χ1n) is 11.9. The summed E-state index contributed by atoms with van der Waals surface area (Å²) in [5.41, 5.74) is 1.22. The predicted molar refractivity (Wildman–Crippen MR) is 131 cm³/mol. The van der Waals surface area contributed by atoms with Crippen LogP contribution in [0.25, 0.3) is 0 Å². The van der Waals surface area contributed by atoms with Crippen LogP contribution in [0.5, 0.6) is 0 Å². The third-order valence-electron chi connectivity index (χ3n) is 5.86. The minimum atomic E-state index is 0.0964. The molecule has 174 valence electrons. The summed E-state index contributed by atoms with van der Waals surface area (Å²) in [4.78, 5) is 24.0. The number of carbonyl (C=O) groups is 1. The number of amides is 1. The molecule has 0 radical (unpaired) electrons. The van der Waals surface area contributed by atoms with Gasteiger partial charge in [-0.25, -0.2) is 4.99 Å². The minimum absolute atomic E-state index is 0.0964. The highest BCUT2D eigenvalue weighted by molar-refractivity contribution is 5.85. The predicted octanol–water partition coefficient (Wildman–Crippen LogP) is 2.40. The molecule has 0 spiro atoms. The van der Waals surface area contributed by atoms with Gasteiger partial charge in [0.2, 0.25) is 5.91 Å². The Morgan fingerprint density at radius 3 is 2.39 bits per heavy atom. The zero-order valence-corrected chi connectivity index (χ0v) is 19.9. The number of anilines is 1. The molecule has 1 amide bonds. The van der Waals surface area contributed by atoms with Crippen molar-refractivity contribution in [3.8, 4) is 0 Å². The summed E-state index contributed by atoms with van der Waals surface area (Å²) in [6.07, 6.45) is 2.23. The number of piperazine rings is 1. The van der Waals surface area contributed by atoms with Crippen molar-refractivity contribution < 1.29 is 4.79 Å². The number of hydrogen-bond acceptors (Lipinski definition) is 4. The van der Waals surface area contributed by atoms with E-state index in [-0.39, 0.29) is 12.5 Å². The molecule has 1 aliphatic heterocycles. The van der Waals surface area contributed by atoms with Crippen LogP contribution in [0.4, 0.5) is 5.69 Å². The topological polar surface area (TPSA) is 63.2 Å². The Morgan fingerprint density at radius 1 is 1.10 bits per heavy atom. The van der Waals surface area contributed by atoms with Crippen molar-refractivity contribution in [1.29, 1.82) is 0 Å². The van der Waals surface area contributed by atoms with Crippen molar-refractivity contribution in [2.24, 2.45) is 4.99 Å². The highest BCUT2D eigenvalue weighted by atomic mass is 16.2. The molecule has 2 N–H and O–H groups in total. The number of guanidine groups is 1. The van der Waals surface area contributed by atoms with Crippen LogP contribution in [-0.4, -0.2) is 86.6 Å². The van der Waals surface area contributed by atoms with Gasteiger partial charge < -0.3 is 25.3 Å². The lowest BCUT2D eigenvalue weighted by Gasteiger charge is -2.36. The molecule has 0 aliphatic carbocycles. The Morgan fingerprint density at radius 2 is 1.77 bits per heavy atom. The van der Waals surface area contributed by atoms with Gasteiger partial charge in [-0.2, -0.15) is 0 Å². The van der Waals surface area contributed by atoms with Crippen LogP contribution in [0.1, 0.15) is 40.5 Å². The summed E-state index contributed by atoms with van der Waals surface area (Å²) in [5, 5.41) is 6.73. The van der Waals surface area contributed by atoms with Gasteiger partial charge >= 0.3 is 0 Å². The number of aliphatic imine (C=N–C) groups is 1. The summed E-state index contributed by atoms with van der Waals surface area (Å²) >= 11 is 0. The van der Waals surface area contributed by atoms with Crippen molar-refractivity contribution >= 4 is 17.6 Å². The van der Waals surface area contributed by atoms with Gasteiger partial charge in [0.05, 0.1) is 0 Å². The van der Waals surface area contributed by atoms with E-state index in [2.05, 4.69) is 70.5 Å². The SMILES string of the molecule is CCNC(=NCC(=O)N1CCN(c2ccccc2)CC1)NC(C)CCCN(CC)CC. The molecule has 1 heterocycles. The lowest BCUT2D eigenvalue weighted by Crippen LogP contribution is -2.50. The number of para-hydroxylation sites is 1. The van der Waals surface area contributed by atoms with E-state index >= 15 is 0 Å². The first kappa shape index (κ1) is 25.0. The first-order chi connectivity index (χ1) is 15.1. The molecule has 0 saturated carbocycles. The quantitative estimate of drug-likeness (QED) is 0.417. The lowest BCUT2D eigenvalue weighted by molar-refractivity contribution is -0.129. The van der Waals surface area contributed by atoms with Crippen LogP contribution in [0, 0.1) is 0 Å².